The second-order valence-corrected chi connectivity index (χ2v) is 12.7. The SMILES string of the molecule is COC(=O)CCC(C)C1CCC2C3C(OC(C)=O)CC4CC(OC(C)=O)CCC4(C)C3CCC12C. The van der Waals surface area contributed by atoms with Gasteiger partial charge in [-0.05, 0) is 98.2 Å². The average Bonchev–Trinajstić information content (AvgIpc) is 3.14. The number of carbonyl (C=O) groups excluding carboxylic acids is 3. The first-order chi connectivity index (χ1) is 16.5. The van der Waals surface area contributed by atoms with Crippen LogP contribution in [0.5, 0.6) is 0 Å². The Balaban J connectivity index is 1.57. The molecule has 198 valence electrons. The Labute approximate surface area is 211 Å². The molecule has 0 aromatic heterocycles. The molecule has 0 spiro atoms. The minimum atomic E-state index is -0.199. The Kier molecular flexibility index (Phi) is 7.60. The van der Waals surface area contributed by atoms with E-state index >= 15 is 0 Å². The van der Waals surface area contributed by atoms with Crippen molar-refractivity contribution in [2.75, 3.05) is 7.11 Å². The van der Waals surface area contributed by atoms with Crippen molar-refractivity contribution in [2.45, 2.75) is 111 Å². The Morgan fingerprint density at radius 1 is 0.886 bits per heavy atom. The van der Waals surface area contributed by atoms with Crippen LogP contribution < -0.4 is 0 Å². The first-order valence-corrected chi connectivity index (χ1v) is 13.9. The van der Waals surface area contributed by atoms with Crippen molar-refractivity contribution >= 4 is 17.9 Å². The van der Waals surface area contributed by atoms with Gasteiger partial charge in [0, 0.05) is 26.2 Å². The van der Waals surface area contributed by atoms with Crippen molar-refractivity contribution in [1.29, 1.82) is 0 Å². The summed E-state index contributed by atoms with van der Waals surface area (Å²) in [6, 6.07) is 0. The number of carbonyl (C=O) groups is 3. The summed E-state index contributed by atoms with van der Waals surface area (Å²) in [6.45, 7) is 10.3. The van der Waals surface area contributed by atoms with E-state index < -0.39 is 0 Å². The predicted molar refractivity (Wildman–Crippen MR) is 132 cm³/mol. The van der Waals surface area contributed by atoms with Crippen molar-refractivity contribution in [3.63, 3.8) is 0 Å². The Morgan fingerprint density at radius 3 is 2.20 bits per heavy atom. The summed E-state index contributed by atoms with van der Waals surface area (Å²) in [5.74, 6) is 2.43. The van der Waals surface area contributed by atoms with Crippen molar-refractivity contribution in [1.82, 2.24) is 0 Å². The average molecular weight is 491 g/mol. The highest BCUT2D eigenvalue weighted by Gasteiger charge is 2.63. The van der Waals surface area contributed by atoms with E-state index in [1.54, 1.807) is 6.92 Å². The van der Waals surface area contributed by atoms with Gasteiger partial charge in [-0.25, -0.2) is 0 Å². The molecule has 0 radical (unpaired) electrons. The first kappa shape index (κ1) is 26.5. The topological polar surface area (TPSA) is 78.9 Å². The Morgan fingerprint density at radius 2 is 1.54 bits per heavy atom. The van der Waals surface area contributed by atoms with Crippen LogP contribution in [0.4, 0.5) is 0 Å². The third-order valence-electron chi connectivity index (χ3n) is 11.1. The van der Waals surface area contributed by atoms with E-state index in [0.717, 1.165) is 32.1 Å². The molecule has 4 saturated carbocycles. The molecule has 0 bridgehead atoms. The molecule has 6 nitrogen and oxygen atoms in total. The second kappa shape index (κ2) is 10.0. The molecule has 4 aliphatic rings. The number of hydrogen-bond donors (Lipinski definition) is 0. The molecule has 35 heavy (non-hydrogen) atoms. The van der Waals surface area contributed by atoms with Gasteiger partial charge in [-0.2, -0.15) is 0 Å². The van der Waals surface area contributed by atoms with Crippen LogP contribution in [-0.2, 0) is 28.6 Å². The number of esters is 3. The smallest absolute Gasteiger partial charge is 0.305 e. The summed E-state index contributed by atoms with van der Waals surface area (Å²) >= 11 is 0. The molecule has 4 aliphatic carbocycles. The number of ether oxygens (including phenoxy) is 3. The molecule has 0 aliphatic heterocycles. The summed E-state index contributed by atoms with van der Waals surface area (Å²) in [5, 5.41) is 0. The lowest BCUT2D eigenvalue weighted by atomic mass is 9.43. The fourth-order valence-corrected chi connectivity index (χ4v) is 9.46. The summed E-state index contributed by atoms with van der Waals surface area (Å²) in [5.41, 5.74) is 0.418. The van der Waals surface area contributed by atoms with Gasteiger partial charge in [0.2, 0.25) is 0 Å². The lowest BCUT2D eigenvalue weighted by Gasteiger charge is -2.62. The van der Waals surface area contributed by atoms with E-state index in [4.69, 9.17) is 14.2 Å². The molecule has 10 unspecified atom stereocenters. The van der Waals surface area contributed by atoms with E-state index in [1.165, 1.54) is 39.7 Å². The number of methoxy groups -OCH3 is 1. The molecule has 10 atom stereocenters. The van der Waals surface area contributed by atoms with E-state index in [2.05, 4.69) is 20.8 Å². The van der Waals surface area contributed by atoms with Crippen molar-refractivity contribution in [3.8, 4) is 0 Å². The monoisotopic (exact) mass is 490 g/mol. The molecule has 0 N–H and O–H groups in total. The Bertz CT molecular complexity index is 824. The molecule has 0 aromatic carbocycles. The third kappa shape index (κ3) is 4.87. The maximum Gasteiger partial charge on any atom is 0.305 e. The zero-order valence-corrected chi connectivity index (χ0v) is 22.6. The Hall–Kier alpha value is -1.59. The van der Waals surface area contributed by atoms with Gasteiger partial charge in [0.15, 0.2) is 0 Å². The van der Waals surface area contributed by atoms with Gasteiger partial charge < -0.3 is 14.2 Å². The van der Waals surface area contributed by atoms with Gasteiger partial charge in [0.1, 0.15) is 12.2 Å². The van der Waals surface area contributed by atoms with E-state index in [1.807, 2.05) is 0 Å². The highest BCUT2D eigenvalue weighted by molar-refractivity contribution is 5.69. The van der Waals surface area contributed by atoms with E-state index in [9.17, 15) is 14.4 Å². The van der Waals surface area contributed by atoms with Crippen LogP contribution in [0.3, 0.4) is 0 Å². The number of fused-ring (bicyclic) bond motifs is 5. The predicted octanol–water partition coefficient (Wildman–Crippen LogP) is 5.71. The van der Waals surface area contributed by atoms with Crippen LogP contribution in [0.25, 0.3) is 0 Å². The fourth-order valence-electron chi connectivity index (χ4n) is 9.46. The van der Waals surface area contributed by atoms with Crippen LogP contribution in [0.2, 0.25) is 0 Å². The summed E-state index contributed by atoms with van der Waals surface area (Å²) in [7, 11) is 1.47. The number of hydrogen-bond acceptors (Lipinski definition) is 6. The van der Waals surface area contributed by atoms with Crippen LogP contribution >= 0.6 is 0 Å². The van der Waals surface area contributed by atoms with E-state index in [-0.39, 0.29) is 40.9 Å². The quantitative estimate of drug-likeness (QED) is 0.351. The van der Waals surface area contributed by atoms with Gasteiger partial charge in [-0.1, -0.05) is 20.8 Å². The van der Waals surface area contributed by atoms with Gasteiger partial charge in [-0.15, -0.1) is 0 Å². The van der Waals surface area contributed by atoms with Gasteiger partial charge in [0.25, 0.3) is 0 Å². The molecule has 0 saturated heterocycles. The van der Waals surface area contributed by atoms with Gasteiger partial charge >= 0.3 is 17.9 Å². The summed E-state index contributed by atoms with van der Waals surface area (Å²) in [4.78, 5) is 35.6. The summed E-state index contributed by atoms with van der Waals surface area (Å²) in [6.07, 6.45) is 9.80. The summed E-state index contributed by atoms with van der Waals surface area (Å²) < 4.78 is 16.6. The zero-order valence-electron chi connectivity index (χ0n) is 22.6. The van der Waals surface area contributed by atoms with Crippen LogP contribution in [0, 0.1) is 46.3 Å². The van der Waals surface area contributed by atoms with Crippen molar-refractivity contribution in [3.05, 3.63) is 0 Å². The highest BCUT2D eigenvalue weighted by Crippen LogP contribution is 2.68. The molecular weight excluding hydrogens is 444 g/mol. The minimum absolute atomic E-state index is 0.0134. The first-order valence-electron chi connectivity index (χ1n) is 13.9. The van der Waals surface area contributed by atoms with Crippen LogP contribution in [0.1, 0.15) is 98.8 Å². The lowest BCUT2D eigenvalue weighted by Crippen LogP contribution is -2.59. The molecule has 0 amide bonds. The molecule has 6 heteroatoms. The molecule has 4 rings (SSSR count). The maximum atomic E-state index is 12.2. The normalized spacial score (nSPS) is 43.2. The third-order valence-corrected chi connectivity index (χ3v) is 11.1. The van der Waals surface area contributed by atoms with E-state index in [0.29, 0.717) is 41.9 Å². The molecular formula is C29H46O6. The largest absolute Gasteiger partial charge is 0.469 e. The lowest BCUT2D eigenvalue weighted by molar-refractivity contribution is -0.197. The second-order valence-electron chi connectivity index (χ2n) is 12.7. The molecule has 4 fully saturated rings. The zero-order chi connectivity index (χ0) is 25.5. The molecule has 0 aromatic rings. The standard InChI is InChI=1S/C29H46O6/c1-17(7-10-26(32)33-6)22-8-9-23-27-24(12-14-29(22,23)5)28(4)13-11-21(34-18(2)30)15-20(28)16-25(27)35-19(3)31/h17,20-25,27H,7-16H2,1-6H3. The van der Waals surface area contributed by atoms with Crippen molar-refractivity contribution in [2.24, 2.45) is 46.3 Å². The maximum absolute atomic E-state index is 12.2. The van der Waals surface area contributed by atoms with Crippen LogP contribution in [0.15, 0.2) is 0 Å². The fraction of sp³-hybridized carbons (Fsp3) is 0.897. The highest BCUT2D eigenvalue weighted by atomic mass is 16.5. The molecule has 0 heterocycles. The van der Waals surface area contributed by atoms with Crippen molar-refractivity contribution < 1.29 is 28.6 Å². The number of rotatable bonds is 6. The van der Waals surface area contributed by atoms with Gasteiger partial charge in [-0.3, -0.25) is 14.4 Å². The minimum Gasteiger partial charge on any atom is -0.469 e. The van der Waals surface area contributed by atoms with Gasteiger partial charge in [0.05, 0.1) is 7.11 Å². The van der Waals surface area contributed by atoms with Crippen LogP contribution in [-0.4, -0.2) is 37.2 Å².